The van der Waals surface area contributed by atoms with E-state index in [1.807, 2.05) is 6.92 Å². The lowest BCUT2D eigenvalue weighted by molar-refractivity contribution is 0.0480. The van der Waals surface area contributed by atoms with Crippen molar-refractivity contribution in [2.45, 2.75) is 45.5 Å². The van der Waals surface area contributed by atoms with Gasteiger partial charge in [-0.05, 0) is 13.3 Å². The highest BCUT2D eigenvalue weighted by molar-refractivity contribution is 4.69. The van der Waals surface area contributed by atoms with Crippen molar-refractivity contribution in [3.63, 3.8) is 0 Å². The van der Waals surface area contributed by atoms with E-state index < -0.39 is 0 Å². The maximum atomic E-state index is 5.35. The summed E-state index contributed by atoms with van der Waals surface area (Å²) >= 11 is 0. The Morgan fingerprint density at radius 3 is 2.60 bits per heavy atom. The standard InChI is InChI=1S/C8H16O2/c1-3-4-5-6-9-8-7(2)10-8/h7-8H,3-6H2,1-2H3. The summed E-state index contributed by atoms with van der Waals surface area (Å²) in [6, 6.07) is 0. The Hall–Kier alpha value is -0.0800. The fourth-order valence-corrected chi connectivity index (χ4v) is 0.893. The molecule has 2 unspecified atom stereocenters. The molecule has 2 atom stereocenters. The number of unbranched alkanes of at least 4 members (excludes halogenated alkanes) is 2. The minimum atomic E-state index is 0.122. The SMILES string of the molecule is CCCCCOC1OC1C. The molecule has 0 radical (unpaired) electrons. The number of epoxide rings is 1. The molecule has 0 saturated carbocycles. The molecule has 1 saturated heterocycles. The zero-order valence-electron chi connectivity index (χ0n) is 6.80. The third-order valence-electron chi connectivity index (χ3n) is 1.69. The largest absolute Gasteiger partial charge is 0.350 e. The van der Waals surface area contributed by atoms with E-state index in [4.69, 9.17) is 9.47 Å². The van der Waals surface area contributed by atoms with Crippen molar-refractivity contribution in [1.82, 2.24) is 0 Å². The molecule has 1 aliphatic rings. The Kier molecular flexibility index (Phi) is 3.16. The van der Waals surface area contributed by atoms with Crippen LogP contribution in [0.5, 0.6) is 0 Å². The molecule has 1 rings (SSSR count). The topological polar surface area (TPSA) is 21.8 Å². The smallest absolute Gasteiger partial charge is 0.184 e. The molecule has 0 N–H and O–H groups in total. The van der Waals surface area contributed by atoms with E-state index in [2.05, 4.69) is 6.92 Å². The van der Waals surface area contributed by atoms with Crippen LogP contribution < -0.4 is 0 Å². The van der Waals surface area contributed by atoms with Crippen LogP contribution in [-0.2, 0) is 9.47 Å². The quantitative estimate of drug-likeness (QED) is 0.434. The number of rotatable bonds is 5. The Labute approximate surface area is 62.5 Å². The predicted molar refractivity (Wildman–Crippen MR) is 39.8 cm³/mol. The third kappa shape index (κ3) is 2.67. The second-order valence-electron chi connectivity index (χ2n) is 2.79. The minimum absolute atomic E-state index is 0.122. The molecular weight excluding hydrogens is 128 g/mol. The molecule has 1 heterocycles. The first-order valence-electron chi connectivity index (χ1n) is 4.11. The van der Waals surface area contributed by atoms with Gasteiger partial charge in [-0.15, -0.1) is 0 Å². The van der Waals surface area contributed by atoms with E-state index in [9.17, 15) is 0 Å². The number of ether oxygens (including phenoxy) is 2. The van der Waals surface area contributed by atoms with Crippen molar-refractivity contribution in [3.05, 3.63) is 0 Å². The van der Waals surface area contributed by atoms with Gasteiger partial charge in [0.1, 0.15) is 6.10 Å². The van der Waals surface area contributed by atoms with Gasteiger partial charge in [0, 0.05) is 6.61 Å². The molecule has 0 bridgehead atoms. The molecule has 0 aromatic heterocycles. The van der Waals surface area contributed by atoms with Crippen LogP contribution in [0.25, 0.3) is 0 Å². The van der Waals surface area contributed by atoms with E-state index >= 15 is 0 Å². The van der Waals surface area contributed by atoms with Crippen LogP contribution >= 0.6 is 0 Å². The monoisotopic (exact) mass is 144 g/mol. The Bertz CT molecular complexity index is 93.3. The van der Waals surface area contributed by atoms with Crippen LogP contribution in [-0.4, -0.2) is 19.0 Å². The molecule has 10 heavy (non-hydrogen) atoms. The molecule has 1 aliphatic heterocycles. The fraction of sp³-hybridized carbons (Fsp3) is 1.00. The summed E-state index contributed by atoms with van der Waals surface area (Å²) in [4.78, 5) is 0. The molecule has 0 spiro atoms. The maximum Gasteiger partial charge on any atom is 0.184 e. The summed E-state index contributed by atoms with van der Waals surface area (Å²) in [5.41, 5.74) is 0. The first-order valence-corrected chi connectivity index (χ1v) is 4.11. The van der Waals surface area contributed by atoms with E-state index in [1.165, 1.54) is 19.3 Å². The molecular formula is C8H16O2. The summed E-state index contributed by atoms with van der Waals surface area (Å²) < 4.78 is 10.4. The van der Waals surface area contributed by atoms with Gasteiger partial charge >= 0.3 is 0 Å². The lowest BCUT2D eigenvalue weighted by atomic mass is 10.3. The van der Waals surface area contributed by atoms with Crippen LogP contribution in [0.1, 0.15) is 33.1 Å². The zero-order valence-corrected chi connectivity index (χ0v) is 6.80. The van der Waals surface area contributed by atoms with E-state index in [0.717, 1.165) is 6.61 Å². The normalized spacial score (nSPS) is 30.6. The summed E-state index contributed by atoms with van der Waals surface area (Å²) in [5, 5.41) is 0. The molecule has 0 aliphatic carbocycles. The van der Waals surface area contributed by atoms with Crippen molar-refractivity contribution < 1.29 is 9.47 Å². The summed E-state index contributed by atoms with van der Waals surface area (Å²) in [5.74, 6) is 0. The van der Waals surface area contributed by atoms with Gasteiger partial charge in [0.15, 0.2) is 6.29 Å². The average Bonchev–Trinajstić information content (AvgIpc) is 2.60. The molecule has 0 aromatic rings. The Balaban J connectivity index is 1.78. The van der Waals surface area contributed by atoms with Crippen molar-refractivity contribution >= 4 is 0 Å². The van der Waals surface area contributed by atoms with Crippen LogP contribution in [0.4, 0.5) is 0 Å². The van der Waals surface area contributed by atoms with Crippen LogP contribution in [0.3, 0.4) is 0 Å². The second-order valence-corrected chi connectivity index (χ2v) is 2.79. The highest BCUT2D eigenvalue weighted by Crippen LogP contribution is 2.21. The lowest BCUT2D eigenvalue weighted by Gasteiger charge is -1.97. The van der Waals surface area contributed by atoms with Gasteiger partial charge in [0.2, 0.25) is 0 Å². The van der Waals surface area contributed by atoms with Crippen molar-refractivity contribution in [3.8, 4) is 0 Å². The molecule has 2 nitrogen and oxygen atoms in total. The summed E-state index contributed by atoms with van der Waals surface area (Å²) in [6.07, 6.45) is 4.16. The zero-order chi connectivity index (χ0) is 7.40. The predicted octanol–water partition coefficient (Wildman–Crippen LogP) is 1.94. The van der Waals surface area contributed by atoms with Gasteiger partial charge in [0.25, 0.3) is 0 Å². The molecule has 1 fully saturated rings. The fourth-order valence-electron chi connectivity index (χ4n) is 0.893. The second kappa shape index (κ2) is 3.94. The molecule has 2 heteroatoms. The highest BCUT2D eigenvalue weighted by atomic mass is 16.8. The Morgan fingerprint density at radius 2 is 2.10 bits per heavy atom. The van der Waals surface area contributed by atoms with Gasteiger partial charge in [-0.25, -0.2) is 0 Å². The molecule has 60 valence electrons. The maximum absolute atomic E-state index is 5.35. The van der Waals surface area contributed by atoms with Crippen LogP contribution in [0.2, 0.25) is 0 Å². The Morgan fingerprint density at radius 1 is 1.40 bits per heavy atom. The van der Waals surface area contributed by atoms with Gasteiger partial charge in [-0.2, -0.15) is 0 Å². The van der Waals surface area contributed by atoms with Crippen molar-refractivity contribution in [1.29, 1.82) is 0 Å². The van der Waals surface area contributed by atoms with Gasteiger partial charge in [-0.3, -0.25) is 0 Å². The third-order valence-corrected chi connectivity index (χ3v) is 1.69. The molecule has 0 amide bonds. The van der Waals surface area contributed by atoms with E-state index in [1.54, 1.807) is 0 Å². The first kappa shape index (κ1) is 8.02. The number of hydrogen-bond donors (Lipinski definition) is 0. The molecule has 0 aromatic carbocycles. The van der Waals surface area contributed by atoms with Crippen molar-refractivity contribution in [2.75, 3.05) is 6.61 Å². The lowest BCUT2D eigenvalue weighted by Crippen LogP contribution is -1.99. The minimum Gasteiger partial charge on any atom is -0.350 e. The summed E-state index contributed by atoms with van der Waals surface area (Å²) in [7, 11) is 0. The summed E-state index contributed by atoms with van der Waals surface area (Å²) in [6.45, 7) is 5.09. The first-order chi connectivity index (χ1) is 4.84. The average molecular weight is 144 g/mol. The highest BCUT2D eigenvalue weighted by Gasteiger charge is 2.34. The van der Waals surface area contributed by atoms with Gasteiger partial charge in [-0.1, -0.05) is 19.8 Å². The van der Waals surface area contributed by atoms with Crippen molar-refractivity contribution in [2.24, 2.45) is 0 Å². The van der Waals surface area contributed by atoms with Gasteiger partial charge < -0.3 is 9.47 Å². The van der Waals surface area contributed by atoms with E-state index in [-0.39, 0.29) is 6.29 Å². The van der Waals surface area contributed by atoms with Crippen LogP contribution in [0.15, 0.2) is 0 Å². The van der Waals surface area contributed by atoms with Crippen LogP contribution in [0, 0.1) is 0 Å². The van der Waals surface area contributed by atoms with Gasteiger partial charge in [0.05, 0.1) is 0 Å². The number of hydrogen-bond acceptors (Lipinski definition) is 2. The van der Waals surface area contributed by atoms with E-state index in [0.29, 0.717) is 6.10 Å².